The van der Waals surface area contributed by atoms with Crippen molar-refractivity contribution in [1.29, 1.82) is 0 Å². The van der Waals surface area contributed by atoms with Crippen LogP contribution in [-0.4, -0.2) is 49.3 Å². The Morgan fingerprint density at radius 3 is 2.67 bits per heavy atom. The first kappa shape index (κ1) is 22.3. The van der Waals surface area contributed by atoms with Crippen LogP contribution in [0.25, 0.3) is 10.9 Å². The van der Waals surface area contributed by atoms with Gasteiger partial charge in [0.15, 0.2) is 0 Å². The monoisotopic (exact) mass is 467 g/mol. The first-order valence-electron chi connectivity index (χ1n) is 11.6. The van der Waals surface area contributed by atoms with E-state index in [-0.39, 0.29) is 0 Å². The van der Waals surface area contributed by atoms with Crippen molar-refractivity contribution in [2.24, 2.45) is 5.41 Å². The van der Waals surface area contributed by atoms with Crippen molar-refractivity contribution in [1.82, 2.24) is 9.88 Å². The molecule has 2 aromatic carbocycles. The number of likely N-dealkylation sites (tertiary alicyclic amines) is 1. The van der Waals surface area contributed by atoms with Crippen LogP contribution >= 0.6 is 11.6 Å². The summed E-state index contributed by atoms with van der Waals surface area (Å²) in [5.74, 6) is 2.22. The lowest BCUT2D eigenvalue weighted by Crippen LogP contribution is -2.51. The number of benzene rings is 2. The number of aryl methyl sites for hydroxylation is 1. The maximum atomic E-state index is 6.14. The molecule has 33 heavy (non-hydrogen) atoms. The topological polar surface area (TPSA) is 69.8 Å². The molecule has 3 aromatic rings. The smallest absolute Gasteiger partial charge is 0.138 e. The Morgan fingerprint density at radius 2 is 1.94 bits per heavy atom. The minimum Gasteiger partial charge on any atom is -0.493 e. The number of rotatable bonds is 7. The van der Waals surface area contributed by atoms with E-state index in [0.717, 1.165) is 54.1 Å². The fourth-order valence-electron chi connectivity index (χ4n) is 4.60. The van der Waals surface area contributed by atoms with Crippen molar-refractivity contribution in [3.05, 3.63) is 53.2 Å². The highest BCUT2D eigenvalue weighted by molar-refractivity contribution is 6.33. The van der Waals surface area contributed by atoms with Crippen LogP contribution in [0.1, 0.15) is 24.8 Å². The number of hydrogen-bond donors (Lipinski definition) is 1. The standard InChI is InChI=1S/C26H30ClN3O3/c1-18-13-20-23(29-8-5-24(20)33-19-3-4-22(28)21(27)14-19)15-25(18)32-12-2-9-30-10-6-26(7-11-30)16-31-17-26/h3-5,8,13-15H,2,6-7,9-12,16-17,28H2,1H3. The van der Waals surface area contributed by atoms with Crippen LogP contribution in [0.2, 0.25) is 5.02 Å². The number of aromatic nitrogens is 1. The average Bonchev–Trinajstić information content (AvgIpc) is 2.79. The molecule has 0 bridgehead atoms. The van der Waals surface area contributed by atoms with E-state index in [1.54, 1.807) is 24.4 Å². The first-order chi connectivity index (χ1) is 16.0. The number of fused-ring (bicyclic) bond motifs is 1. The third-order valence-electron chi connectivity index (χ3n) is 6.81. The molecule has 2 fully saturated rings. The molecule has 2 saturated heterocycles. The maximum Gasteiger partial charge on any atom is 0.138 e. The number of ether oxygens (including phenoxy) is 3. The van der Waals surface area contributed by atoms with Crippen LogP contribution in [-0.2, 0) is 4.74 Å². The van der Waals surface area contributed by atoms with Gasteiger partial charge in [-0.2, -0.15) is 0 Å². The lowest BCUT2D eigenvalue weighted by molar-refractivity contribution is -0.139. The van der Waals surface area contributed by atoms with Crippen molar-refractivity contribution in [3.63, 3.8) is 0 Å². The Labute approximate surface area is 199 Å². The molecule has 2 aliphatic rings. The number of anilines is 1. The number of pyridine rings is 1. The van der Waals surface area contributed by atoms with Crippen LogP contribution < -0.4 is 15.2 Å². The number of nitrogens with zero attached hydrogens (tertiary/aromatic N) is 2. The van der Waals surface area contributed by atoms with Gasteiger partial charge in [0, 0.05) is 35.7 Å². The lowest BCUT2D eigenvalue weighted by Gasteiger charge is -2.47. The van der Waals surface area contributed by atoms with Gasteiger partial charge in [-0.05, 0) is 69.1 Å². The molecule has 0 unspecified atom stereocenters. The molecule has 3 heterocycles. The van der Waals surface area contributed by atoms with Gasteiger partial charge in [-0.25, -0.2) is 0 Å². The normalized spacial score (nSPS) is 17.8. The highest BCUT2D eigenvalue weighted by Crippen LogP contribution is 2.38. The predicted molar refractivity (Wildman–Crippen MR) is 131 cm³/mol. The van der Waals surface area contributed by atoms with Gasteiger partial charge in [-0.1, -0.05) is 11.6 Å². The first-order valence-corrected chi connectivity index (χ1v) is 11.9. The van der Waals surface area contributed by atoms with Crippen molar-refractivity contribution in [3.8, 4) is 17.2 Å². The summed E-state index contributed by atoms with van der Waals surface area (Å²) in [6.45, 7) is 8.07. The van der Waals surface area contributed by atoms with E-state index < -0.39 is 0 Å². The molecule has 0 amide bonds. The second kappa shape index (κ2) is 9.37. The van der Waals surface area contributed by atoms with Crippen LogP contribution in [0.5, 0.6) is 17.2 Å². The molecule has 174 valence electrons. The van der Waals surface area contributed by atoms with Crippen LogP contribution in [0, 0.1) is 12.3 Å². The maximum absolute atomic E-state index is 6.14. The van der Waals surface area contributed by atoms with Crippen LogP contribution in [0.3, 0.4) is 0 Å². The van der Waals surface area contributed by atoms with E-state index in [1.807, 2.05) is 12.1 Å². The fraction of sp³-hybridized carbons (Fsp3) is 0.423. The van der Waals surface area contributed by atoms with E-state index in [4.69, 9.17) is 31.5 Å². The highest BCUT2D eigenvalue weighted by Gasteiger charge is 2.40. The minimum absolute atomic E-state index is 0.471. The Bertz CT molecular complexity index is 1140. The number of hydrogen-bond acceptors (Lipinski definition) is 6. The third-order valence-corrected chi connectivity index (χ3v) is 7.13. The van der Waals surface area contributed by atoms with E-state index in [2.05, 4.69) is 22.9 Å². The third kappa shape index (κ3) is 4.88. The van der Waals surface area contributed by atoms with Crippen LogP contribution in [0.15, 0.2) is 42.6 Å². The zero-order valence-electron chi connectivity index (χ0n) is 19.0. The molecule has 0 atom stereocenters. The van der Waals surface area contributed by atoms with Crippen molar-refractivity contribution < 1.29 is 14.2 Å². The summed E-state index contributed by atoms with van der Waals surface area (Å²) < 4.78 is 17.6. The fourth-order valence-corrected chi connectivity index (χ4v) is 4.77. The Hall–Kier alpha value is -2.54. The molecule has 1 aromatic heterocycles. The summed E-state index contributed by atoms with van der Waals surface area (Å²) in [6, 6.07) is 11.2. The summed E-state index contributed by atoms with van der Waals surface area (Å²) in [5.41, 5.74) is 8.71. The van der Waals surface area contributed by atoms with E-state index in [0.29, 0.717) is 28.5 Å². The molecule has 0 radical (unpaired) electrons. The van der Waals surface area contributed by atoms with E-state index >= 15 is 0 Å². The Kier molecular flexibility index (Phi) is 6.32. The average molecular weight is 468 g/mol. The van der Waals surface area contributed by atoms with Gasteiger partial charge < -0.3 is 24.8 Å². The predicted octanol–water partition coefficient (Wildman–Crippen LogP) is 5.45. The molecule has 7 heteroatoms. The van der Waals surface area contributed by atoms with Gasteiger partial charge in [0.25, 0.3) is 0 Å². The molecule has 6 nitrogen and oxygen atoms in total. The number of nitrogen functional groups attached to an aromatic ring is 1. The summed E-state index contributed by atoms with van der Waals surface area (Å²) in [5, 5.41) is 1.40. The molecular weight excluding hydrogens is 438 g/mol. The largest absolute Gasteiger partial charge is 0.493 e. The van der Waals surface area contributed by atoms with Crippen LogP contribution in [0.4, 0.5) is 5.69 Å². The number of nitrogens with two attached hydrogens (primary N) is 1. The van der Waals surface area contributed by atoms with Gasteiger partial charge in [-0.15, -0.1) is 0 Å². The van der Waals surface area contributed by atoms with Gasteiger partial charge in [-0.3, -0.25) is 4.98 Å². The molecule has 2 N–H and O–H groups in total. The second-order valence-corrected chi connectivity index (χ2v) is 9.67. The van der Waals surface area contributed by atoms with E-state index in [1.165, 1.54) is 25.9 Å². The summed E-state index contributed by atoms with van der Waals surface area (Å²) in [6.07, 6.45) is 5.27. The summed E-state index contributed by atoms with van der Waals surface area (Å²) in [4.78, 5) is 7.07. The number of halogens is 1. The summed E-state index contributed by atoms with van der Waals surface area (Å²) in [7, 11) is 0. The van der Waals surface area contributed by atoms with Crippen molar-refractivity contribution >= 4 is 28.2 Å². The van der Waals surface area contributed by atoms with Gasteiger partial charge in [0.1, 0.15) is 17.2 Å². The zero-order valence-corrected chi connectivity index (χ0v) is 19.7. The molecular formula is C26H30ClN3O3. The lowest BCUT2D eigenvalue weighted by atomic mass is 9.77. The van der Waals surface area contributed by atoms with Crippen molar-refractivity contribution in [2.45, 2.75) is 26.2 Å². The van der Waals surface area contributed by atoms with Crippen molar-refractivity contribution in [2.75, 3.05) is 45.2 Å². The quantitative estimate of drug-likeness (QED) is 0.368. The molecule has 0 aliphatic carbocycles. The number of piperidine rings is 1. The second-order valence-electron chi connectivity index (χ2n) is 9.27. The van der Waals surface area contributed by atoms with Gasteiger partial charge in [0.2, 0.25) is 0 Å². The molecule has 0 saturated carbocycles. The van der Waals surface area contributed by atoms with Gasteiger partial charge >= 0.3 is 0 Å². The SMILES string of the molecule is Cc1cc2c(Oc3ccc(N)c(Cl)c3)ccnc2cc1OCCCN1CCC2(CC1)COC2. The molecule has 5 rings (SSSR count). The highest BCUT2D eigenvalue weighted by atomic mass is 35.5. The Morgan fingerprint density at radius 1 is 1.12 bits per heavy atom. The molecule has 1 spiro atoms. The summed E-state index contributed by atoms with van der Waals surface area (Å²) >= 11 is 6.13. The molecule has 2 aliphatic heterocycles. The van der Waals surface area contributed by atoms with Gasteiger partial charge in [0.05, 0.1) is 36.0 Å². The zero-order chi connectivity index (χ0) is 22.8. The Balaban J connectivity index is 1.20. The van der Waals surface area contributed by atoms with E-state index in [9.17, 15) is 0 Å². The minimum atomic E-state index is 0.471.